The molecule has 106 valence electrons. The van der Waals surface area contributed by atoms with E-state index in [0.717, 1.165) is 10.0 Å². The van der Waals surface area contributed by atoms with Crippen molar-refractivity contribution in [2.24, 2.45) is 7.05 Å². The number of carbonyl (C=O) groups is 1. The zero-order valence-corrected chi connectivity index (χ0v) is 13.5. The standard InChI is InChI=1S/C14H11BrN4OS/c1-19-8-16-18-13(19)9-4-2-3-5-11(9)17-14(20)12-10(15)6-7-21-12/h2-8H,1H3,(H,17,20). The van der Waals surface area contributed by atoms with Gasteiger partial charge in [-0.1, -0.05) is 12.1 Å². The molecule has 2 aromatic heterocycles. The summed E-state index contributed by atoms with van der Waals surface area (Å²) < 4.78 is 2.60. The second-order valence-electron chi connectivity index (χ2n) is 4.36. The minimum atomic E-state index is -0.147. The Labute approximate surface area is 133 Å². The minimum Gasteiger partial charge on any atom is -0.321 e. The molecule has 5 nitrogen and oxygen atoms in total. The lowest BCUT2D eigenvalue weighted by Gasteiger charge is -2.10. The number of halogens is 1. The van der Waals surface area contributed by atoms with Crippen LogP contribution in [-0.2, 0) is 7.05 Å². The van der Waals surface area contributed by atoms with Crippen molar-refractivity contribution in [3.63, 3.8) is 0 Å². The molecule has 7 heteroatoms. The van der Waals surface area contributed by atoms with Crippen molar-refractivity contribution >= 4 is 38.9 Å². The Kier molecular flexibility index (Phi) is 3.85. The molecule has 1 N–H and O–H groups in total. The Bertz CT molecular complexity index is 796. The van der Waals surface area contributed by atoms with Gasteiger partial charge in [0.15, 0.2) is 5.82 Å². The Balaban J connectivity index is 1.95. The maximum atomic E-state index is 12.3. The second-order valence-corrected chi connectivity index (χ2v) is 6.13. The van der Waals surface area contributed by atoms with Crippen molar-refractivity contribution in [3.05, 3.63) is 51.4 Å². The fourth-order valence-corrected chi connectivity index (χ4v) is 3.40. The predicted octanol–water partition coefficient (Wildman–Crippen LogP) is 3.56. The number of aryl methyl sites for hydroxylation is 1. The third kappa shape index (κ3) is 2.74. The topological polar surface area (TPSA) is 59.8 Å². The molecule has 3 rings (SSSR count). The first-order chi connectivity index (χ1) is 10.2. The molecule has 1 aromatic carbocycles. The molecule has 1 amide bonds. The van der Waals surface area contributed by atoms with Gasteiger partial charge in [-0.2, -0.15) is 0 Å². The van der Waals surface area contributed by atoms with E-state index in [9.17, 15) is 4.79 Å². The SMILES string of the molecule is Cn1cnnc1-c1ccccc1NC(=O)c1sccc1Br. The monoisotopic (exact) mass is 362 g/mol. The first-order valence-electron chi connectivity index (χ1n) is 6.14. The number of benzene rings is 1. The van der Waals surface area contributed by atoms with Gasteiger partial charge in [-0.25, -0.2) is 0 Å². The second kappa shape index (κ2) is 5.79. The summed E-state index contributed by atoms with van der Waals surface area (Å²) in [6, 6.07) is 9.39. The Morgan fingerprint density at radius 2 is 2.14 bits per heavy atom. The number of thiophene rings is 1. The summed E-state index contributed by atoms with van der Waals surface area (Å²) in [6.45, 7) is 0. The van der Waals surface area contributed by atoms with E-state index in [-0.39, 0.29) is 5.91 Å². The fourth-order valence-electron chi connectivity index (χ4n) is 1.95. The molecule has 0 saturated carbocycles. The van der Waals surface area contributed by atoms with Gasteiger partial charge in [0.2, 0.25) is 0 Å². The van der Waals surface area contributed by atoms with Crippen LogP contribution in [0.15, 0.2) is 46.5 Å². The van der Waals surface area contributed by atoms with Gasteiger partial charge in [0, 0.05) is 17.1 Å². The average molecular weight is 363 g/mol. The highest BCUT2D eigenvalue weighted by Crippen LogP contribution is 2.28. The van der Waals surface area contributed by atoms with Gasteiger partial charge in [0.05, 0.1) is 5.69 Å². The maximum absolute atomic E-state index is 12.3. The zero-order valence-electron chi connectivity index (χ0n) is 11.1. The van der Waals surface area contributed by atoms with Crippen LogP contribution < -0.4 is 5.32 Å². The van der Waals surface area contributed by atoms with Crippen LogP contribution in [0.1, 0.15) is 9.67 Å². The number of para-hydroxylation sites is 1. The molecule has 3 aromatic rings. The van der Waals surface area contributed by atoms with Crippen LogP contribution in [0.25, 0.3) is 11.4 Å². The molecule has 0 aliphatic carbocycles. The Morgan fingerprint density at radius 3 is 2.81 bits per heavy atom. The summed E-state index contributed by atoms with van der Waals surface area (Å²) >= 11 is 4.76. The van der Waals surface area contributed by atoms with Crippen molar-refractivity contribution in [2.75, 3.05) is 5.32 Å². The molecule has 0 atom stereocenters. The van der Waals surface area contributed by atoms with Crippen molar-refractivity contribution in [3.8, 4) is 11.4 Å². The van der Waals surface area contributed by atoms with Crippen molar-refractivity contribution in [1.29, 1.82) is 0 Å². The van der Waals surface area contributed by atoms with Crippen molar-refractivity contribution < 1.29 is 4.79 Å². The van der Waals surface area contributed by atoms with Crippen molar-refractivity contribution in [2.45, 2.75) is 0 Å². The first-order valence-corrected chi connectivity index (χ1v) is 7.82. The molecule has 0 spiro atoms. The van der Waals surface area contributed by atoms with Crippen LogP contribution in [0, 0.1) is 0 Å². The van der Waals surface area contributed by atoms with Crippen LogP contribution in [0.4, 0.5) is 5.69 Å². The van der Waals surface area contributed by atoms with E-state index in [1.807, 2.05) is 47.3 Å². The molecule has 0 unspecified atom stereocenters. The van der Waals surface area contributed by atoms with E-state index >= 15 is 0 Å². The van der Waals surface area contributed by atoms with E-state index < -0.39 is 0 Å². The van der Waals surface area contributed by atoms with Gasteiger partial charge >= 0.3 is 0 Å². The average Bonchev–Trinajstić information content (AvgIpc) is 3.08. The quantitative estimate of drug-likeness (QED) is 0.774. The zero-order chi connectivity index (χ0) is 14.8. The minimum absolute atomic E-state index is 0.147. The van der Waals surface area contributed by atoms with Gasteiger partial charge in [-0.15, -0.1) is 21.5 Å². The highest BCUT2D eigenvalue weighted by Gasteiger charge is 2.15. The summed E-state index contributed by atoms with van der Waals surface area (Å²) in [5, 5.41) is 12.8. The Morgan fingerprint density at radius 1 is 1.33 bits per heavy atom. The summed E-state index contributed by atoms with van der Waals surface area (Å²) in [5.74, 6) is 0.558. The highest BCUT2D eigenvalue weighted by molar-refractivity contribution is 9.10. The lowest BCUT2D eigenvalue weighted by Crippen LogP contribution is -2.12. The number of nitrogens with one attached hydrogen (secondary N) is 1. The van der Waals surface area contributed by atoms with Gasteiger partial charge < -0.3 is 9.88 Å². The number of aromatic nitrogens is 3. The van der Waals surface area contributed by atoms with Crippen LogP contribution >= 0.6 is 27.3 Å². The lowest BCUT2D eigenvalue weighted by molar-refractivity contribution is 0.103. The predicted molar refractivity (Wildman–Crippen MR) is 86.4 cm³/mol. The van der Waals surface area contributed by atoms with Gasteiger partial charge in [-0.05, 0) is 39.5 Å². The molecule has 21 heavy (non-hydrogen) atoms. The summed E-state index contributed by atoms with van der Waals surface area (Å²) in [4.78, 5) is 13.0. The first kappa shape index (κ1) is 14.0. The highest BCUT2D eigenvalue weighted by atomic mass is 79.9. The number of hydrogen-bond acceptors (Lipinski definition) is 4. The number of anilines is 1. The van der Waals surface area contributed by atoms with Crippen LogP contribution in [0.2, 0.25) is 0 Å². The molecular formula is C14H11BrN4OS. The number of carbonyl (C=O) groups excluding carboxylic acids is 1. The number of amides is 1. The lowest BCUT2D eigenvalue weighted by atomic mass is 10.1. The summed E-state index contributed by atoms with van der Waals surface area (Å²) in [6.07, 6.45) is 1.63. The van der Waals surface area contributed by atoms with Gasteiger partial charge in [0.1, 0.15) is 11.2 Å². The van der Waals surface area contributed by atoms with E-state index in [1.54, 1.807) is 6.33 Å². The van der Waals surface area contributed by atoms with E-state index in [4.69, 9.17) is 0 Å². The van der Waals surface area contributed by atoms with Crippen molar-refractivity contribution in [1.82, 2.24) is 14.8 Å². The van der Waals surface area contributed by atoms with E-state index in [1.165, 1.54) is 11.3 Å². The molecule has 2 heterocycles. The normalized spacial score (nSPS) is 10.6. The smallest absolute Gasteiger partial charge is 0.266 e. The number of hydrogen-bond donors (Lipinski definition) is 1. The third-order valence-corrected chi connectivity index (χ3v) is 4.79. The number of rotatable bonds is 3. The maximum Gasteiger partial charge on any atom is 0.266 e. The Hall–Kier alpha value is -1.99. The van der Waals surface area contributed by atoms with Crippen LogP contribution in [0.5, 0.6) is 0 Å². The third-order valence-electron chi connectivity index (χ3n) is 2.95. The largest absolute Gasteiger partial charge is 0.321 e. The van der Waals surface area contributed by atoms with Crippen LogP contribution in [-0.4, -0.2) is 20.7 Å². The number of nitrogens with zero attached hydrogens (tertiary/aromatic N) is 3. The van der Waals surface area contributed by atoms with E-state index in [0.29, 0.717) is 16.4 Å². The molecule has 0 saturated heterocycles. The molecule has 0 aliphatic heterocycles. The molecule has 0 bridgehead atoms. The summed E-state index contributed by atoms with van der Waals surface area (Å²) in [7, 11) is 1.86. The molecule has 0 aliphatic rings. The molecular weight excluding hydrogens is 352 g/mol. The van der Waals surface area contributed by atoms with Gasteiger partial charge in [0.25, 0.3) is 5.91 Å². The fraction of sp³-hybridized carbons (Fsp3) is 0.0714. The molecule has 0 radical (unpaired) electrons. The van der Waals surface area contributed by atoms with Gasteiger partial charge in [-0.3, -0.25) is 4.79 Å². The summed E-state index contributed by atoms with van der Waals surface area (Å²) in [5.41, 5.74) is 1.54. The van der Waals surface area contributed by atoms with E-state index in [2.05, 4.69) is 31.4 Å². The molecule has 0 fully saturated rings. The van der Waals surface area contributed by atoms with Crippen LogP contribution in [0.3, 0.4) is 0 Å².